The maximum Gasteiger partial charge on any atom is 0.313 e. The van der Waals surface area contributed by atoms with Crippen LogP contribution < -0.4 is 4.74 Å². The first-order valence-corrected chi connectivity index (χ1v) is 9.66. The fourth-order valence-corrected chi connectivity index (χ4v) is 3.86. The van der Waals surface area contributed by atoms with E-state index in [1.54, 1.807) is 4.90 Å². The highest BCUT2D eigenvalue weighted by atomic mass is 16.5. The second kappa shape index (κ2) is 9.06. The number of rotatable bonds is 8. The smallest absolute Gasteiger partial charge is 0.313 e. The predicted octanol–water partition coefficient (Wildman–Crippen LogP) is 3.34. The average molecular weight is 385 g/mol. The molecule has 1 aliphatic rings. The van der Waals surface area contributed by atoms with E-state index < -0.39 is 11.4 Å². The molecule has 1 atom stereocenters. The molecule has 1 fully saturated rings. The van der Waals surface area contributed by atoms with Crippen molar-refractivity contribution < 1.29 is 24.2 Å². The lowest BCUT2D eigenvalue weighted by Gasteiger charge is -2.39. The second-order valence-corrected chi connectivity index (χ2v) is 7.37. The summed E-state index contributed by atoms with van der Waals surface area (Å²) in [5.74, 6) is -0.109. The van der Waals surface area contributed by atoms with Crippen molar-refractivity contribution in [2.24, 2.45) is 5.41 Å². The fourth-order valence-electron chi connectivity index (χ4n) is 3.86. The third kappa shape index (κ3) is 4.44. The molecule has 1 aliphatic heterocycles. The van der Waals surface area contributed by atoms with Gasteiger partial charge >= 0.3 is 5.97 Å². The molecule has 1 saturated heterocycles. The Bertz CT molecular complexity index is 827. The van der Waals surface area contributed by atoms with Crippen LogP contribution in [-0.2, 0) is 14.3 Å². The molecule has 28 heavy (non-hydrogen) atoms. The molecule has 0 aliphatic carbocycles. The number of hydrogen-bond donors (Lipinski definition) is 1. The predicted molar refractivity (Wildman–Crippen MR) is 106 cm³/mol. The topological polar surface area (TPSA) is 76.1 Å². The number of carboxylic acid groups (broad SMARTS) is 1. The number of fused-ring (bicyclic) bond motifs is 1. The van der Waals surface area contributed by atoms with Crippen LogP contribution in [0.2, 0.25) is 0 Å². The Balaban J connectivity index is 1.52. The van der Waals surface area contributed by atoms with Crippen LogP contribution in [0.25, 0.3) is 10.8 Å². The van der Waals surface area contributed by atoms with Crippen molar-refractivity contribution in [2.75, 3.05) is 33.4 Å². The van der Waals surface area contributed by atoms with Gasteiger partial charge in [-0.05, 0) is 30.7 Å². The highest BCUT2D eigenvalue weighted by molar-refractivity contribution is 5.88. The number of aliphatic carboxylic acids is 1. The number of hydrogen-bond acceptors (Lipinski definition) is 4. The minimum absolute atomic E-state index is 0.0250. The lowest BCUT2D eigenvalue weighted by molar-refractivity contribution is -0.159. The number of carbonyl (C=O) groups excluding carboxylic acids is 1. The largest absolute Gasteiger partial charge is 0.493 e. The Labute approximate surface area is 165 Å². The van der Waals surface area contributed by atoms with Gasteiger partial charge in [0.2, 0.25) is 5.91 Å². The van der Waals surface area contributed by atoms with Crippen LogP contribution in [-0.4, -0.2) is 55.3 Å². The van der Waals surface area contributed by atoms with Gasteiger partial charge in [-0.3, -0.25) is 9.59 Å². The van der Waals surface area contributed by atoms with Crippen molar-refractivity contribution in [2.45, 2.75) is 25.7 Å². The summed E-state index contributed by atoms with van der Waals surface area (Å²) in [6.45, 7) is 1.37. The highest BCUT2D eigenvalue weighted by Crippen LogP contribution is 2.31. The standard InChI is InChI=1S/C22H27NO5/c1-27-16-22(21(25)26)12-6-13-23(15-22)20(24)11-5-14-28-19-10-4-8-17-7-2-3-9-18(17)19/h2-4,7-10H,5-6,11-16H2,1H3,(H,25,26). The van der Waals surface area contributed by atoms with E-state index in [-0.39, 0.29) is 19.1 Å². The first kappa shape index (κ1) is 20.1. The third-order valence-corrected chi connectivity index (χ3v) is 5.35. The minimum atomic E-state index is -0.998. The van der Waals surface area contributed by atoms with Gasteiger partial charge in [-0.25, -0.2) is 0 Å². The van der Waals surface area contributed by atoms with E-state index in [1.165, 1.54) is 7.11 Å². The summed E-state index contributed by atoms with van der Waals surface area (Å²) in [6.07, 6.45) is 2.13. The Morgan fingerprint density at radius 3 is 2.75 bits per heavy atom. The molecule has 1 N–H and O–H groups in total. The van der Waals surface area contributed by atoms with E-state index in [1.807, 2.05) is 42.5 Å². The van der Waals surface area contributed by atoms with Gasteiger partial charge in [0, 0.05) is 32.0 Å². The Morgan fingerprint density at radius 1 is 1.18 bits per heavy atom. The van der Waals surface area contributed by atoms with Gasteiger partial charge in [0.05, 0.1) is 13.2 Å². The van der Waals surface area contributed by atoms with E-state index in [4.69, 9.17) is 9.47 Å². The zero-order valence-corrected chi connectivity index (χ0v) is 16.2. The molecule has 0 aromatic heterocycles. The summed E-state index contributed by atoms with van der Waals surface area (Å²) in [5.41, 5.74) is -0.998. The number of carboxylic acids is 1. The SMILES string of the molecule is COCC1(C(=O)O)CCCN(C(=O)CCCOc2cccc3ccccc23)C1. The normalized spacial score (nSPS) is 19.5. The molecule has 2 aromatic rings. The van der Waals surface area contributed by atoms with Crippen molar-refractivity contribution in [3.63, 3.8) is 0 Å². The zero-order chi connectivity index (χ0) is 20.0. The third-order valence-electron chi connectivity index (χ3n) is 5.35. The second-order valence-electron chi connectivity index (χ2n) is 7.37. The van der Waals surface area contributed by atoms with Crippen molar-refractivity contribution in [1.29, 1.82) is 0 Å². The average Bonchev–Trinajstić information content (AvgIpc) is 2.71. The van der Waals surface area contributed by atoms with Crippen molar-refractivity contribution in [3.8, 4) is 5.75 Å². The summed E-state index contributed by atoms with van der Waals surface area (Å²) in [6, 6.07) is 13.9. The Morgan fingerprint density at radius 2 is 1.96 bits per heavy atom. The van der Waals surface area contributed by atoms with E-state index in [0.717, 1.165) is 16.5 Å². The monoisotopic (exact) mass is 385 g/mol. The summed E-state index contributed by atoms with van der Waals surface area (Å²) in [7, 11) is 1.50. The van der Waals surface area contributed by atoms with Gasteiger partial charge in [0.25, 0.3) is 0 Å². The number of ether oxygens (including phenoxy) is 2. The lowest BCUT2D eigenvalue weighted by Crippen LogP contribution is -2.52. The molecule has 0 radical (unpaired) electrons. The molecule has 1 amide bonds. The van der Waals surface area contributed by atoms with Gasteiger partial charge in [0.15, 0.2) is 0 Å². The Kier molecular flexibility index (Phi) is 6.52. The van der Waals surface area contributed by atoms with Crippen molar-refractivity contribution in [3.05, 3.63) is 42.5 Å². The van der Waals surface area contributed by atoms with Crippen LogP contribution in [0.1, 0.15) is 25.7 Å². The molecule has 6 nitrogen and oxygen atoms in total. The van der Waals surface area contributed by atoms with E-state index in [9.17, 15) is 14.7 Å². The first-order chi connectivity index (χ1) is 13.6. The van der Waals surface area contributed by atoms with Crippen molar-refractivity contribution in [1.82, 2.24) is 4.90 Å². The summed E-state index contributed by atoms with van der Waals surface area (Å²) >= 11 is 0. The zero-order valence-electron chi connectivity index (χ0n) is 16.2. The molecular weight excluding hydrogens is 358 g/mol. The number of amides is 1. The number of likely N-dealkylation sites (tertiary alicyclic amines) is 1. The molecule has 150 valence electrons. The molecule has 0 saturated carbocycles. The summed E-state index contributed by atoms with van der Waals surface area (Å²) in [4.78, 5) is 26.0. The van der Waals surface area contributed by atoms with Crippen LogP contribution in [0.3, 0.4) is 0 Å². The summed E-state index contributed by atoms with van der Waals surface area (Å²) in [5, 5.41) is 11.8. The number of nitrogens with zero attached hydrogens (tertiary/aromatic N) is 1. The molecule has 3 rings (SSSR count). The van der Waals surface area contributed by atoms with Gasteiger partial charge in [0.1, 0.15) is 11.2 Å². The summed E-state index contributed by atoms with van der Waals surface area (Å²) < 4.78 is 11.0. The molecule has 0 spiro atoms. The molecule has 2 aromatic carbocycles. The van der Waals surface area contributed by atoms with Crippen LogP contribution in [0, 0.1) is 5.41 Å². The molecule has 1 heterocycles. The van der Waals surface area contributed by atoms with Gasteiger partial charge in [-0.2, -0.15) is 0 Å². The quantitative estimate of drug-likeness (QED) is 0.706. The fraction of sp³-hybridized carbons (Fsp3) is 0.455. The number of benzene rings is 2. The van der Waals surface area contributed by atoms with Gasteiger partial charge < -0.3 is 19.5 Å². The number of piperidine rings is 1. The van der Waals surface area contributed by atoms with E-state index in [0.29, 0.717) is 38.8 Å². The molecule has 1 unspecified atom stereocenters. The number of carbonyl (C=O) groups is 2. The molecular formula is C22H27NO5. The van der Waals surface area contributed by atoms with Crippen molar-refractivity contribution >= 4 is 22.6 Å². The van der Waals surface area contributed by atoms with Crippen LogP contribution in [0.4, 0.5) is 0 Å². The minimum Gasteiger partial charge on any atom is -0.493 e. The van der Waals surface area contributed by atoms with Gasteiger partial charge in [-0.1, -0.05) is 36.4 Å². The molecule has 6 heteroatoms. The first-order valence-electron chi connectivity index (χ1n) is 9.66. The molecule has 0 bridgehead atoms. The van der Waals surface area contributed by atoms with Crippen LogP contribution in [0.15, 0.2) is 42.5 Å². The maximum atomic E-state index is 12.6. The highest BCUT2D eigenvalue weighted by Gasteiger charge is 2.43. The van der Waals surface area contributed by atoms with E-state index >= 15 is 0 Å². The lowest BCUT2D eigenvalue weighted by atomic mass is 9.80. The van der Waals surface area contributed by atoms with Crippen LogP contribution in [0.5, 0.6) is 5.75 Å². The Hall–Kier alpha value is -2.60. The number of methoxy groups -OCH3 is 1. The van der Waals surface area contributed by atoms with Gasteiger partial charge in [-0.15, -0.1) is 0 Å². The maximum absolute atomic E-state index is 12.6. The van der Waals surface area contributed by atoms with E-state index in [2.05, 4.69) is 0 Å². The van der Waals surface area contributed by atoms with Crippen LogP contribution >= 0.6 is 0 Å².